The van der Waals surface area contributed by atoms with E-state index in [1.54, 1.807) is 0 Å². The summed E-state index contributed by atoms with van der Waals surface area (Å²) < 4.78 is 6.17. The molecule has 0 fully saturated rings. The molecule has 0 N–H and O–H groups in total. The molecule has 0 aliphatic heterocycles. The summed E-state index contributed by atoms with van der Waals surface area (Å²) >= 11 is 5.30. The summed E-state index contributed by atoms with van der Waals surface area (Å²) in [5, 5.41) is 0. The molecular weight excluding hydrogens is 573 g/mol. The van der Waals surface area contributed by atoms with E-state index >= 15 is 0 Å². The van der Waals surface area contributed by atoms with E-state index in [1.165, 1.54) is 6.04 Å². The van der Waals surface area contributed by atoms with Gasteiger partial charge in [0.15, 0.2) is 8.32 Å². The van der Waals surface area contributed by atoms with Crippen molar-refractivity contribution in [3.05, 3.63) is 0 Å². The zero-order chi connectivity index (χ0) is 13.6. The van der Waals surface area contributed by atoms with E-state index in [9.17, 15) is 0 Å². The van der Waals surface area contributed by atoms with Gasteiger partial charge >= 0.3 is 50.5 Å². The first-order chi connectivity index (χ1) is 6.83. The molecule has 0 aromatic carbocycles. The van der Waals surface area contributed by atoms with Crippen LogP contribution in [0.5, 0.6) is 0 Å². The predicted molar refractivity (Wildman–Crippen MR) is 94.7 cm³/mol. The second kappa shape index (κ2) is 8.69. The number of rotatable bonds is 4. The fourth-order valence-corrected chi connectivity index (χ4v) is 6.64. The van der Waals surface area contributed by atoms with Gasteiger partial charge < -0.3 is 4.43 Å². The van der Waals surface area contributed by atoms with Crippen LogP contribution < -0.4 is 13.3 Å². The van der Waals surface area contributed by atoms with Crippen molar-refractivity contribution in [3.63, 3.8) is 0 Å². The van der Waals surface area contributed by atoms with Crippen molar-refractivity contribution in [2.45, 2.75) is 64.8 Å². The fourth-order valence-electron chi connectivity index (χ4n) is 2.14. The number of hydrogen-bond acceptors (Lipinski definition) is 1. The molecule has 1 nitrogen and oxygen atoms in total. The van der Waals surface area contributed by atoms with Crippen LogP contribution in [0.25, 0.3) is 0 Å². The van der Waals surface area contributed by atoms with Crippen molar-refractivity contribution >= 4 is 53.6 Å². The van der Waals surface area contributed by atoms with Gasteiger partial charge in [-0.1, -0.05) is 19.6 Å². The van der Waals surface area contributed by atoms with Crippen LogP contribution in [0, 0.1) is 0 Å². The third-order valence-corrected chi connectivity index (χ3v) is 4.62. The first-order valence-corrected chi connectivity index (χ1v) is 25.1. The van der Waals surface area contributed by atoms with Crippen molar-refractivity contribution < 1.29 is 17.7 Å². The van der Waals surface area contributed by atoms with Gasteiger partial charge in [0.05, 0.1) is 0 Å². The molecule has 0 atom stereocenters. The second-order valence-electron chi connectivity index (χ2n) is 6.77. The zero-order valence-corrected chi connectivity index (χ0v) is 20.2. The Balaban J connectivity index is 0. The Hall–Kier alpha value is 2.58. The molecule has 16 heavy (non-hydrogen) atoms. The third-order valence-electron chi connectivity index (χ3n) is 1.54. The van der Waals surface area contributed by atoms with Gasteiger partial charge in [-0.05, 0) is 39.5 Å². The van der Waals surface area contributed by atoms with E-state index < -0.39 is 16.4 Å². The second-order valence-corrected chi connectivity index (χ2v) is 32.9. The SMILES string of the molecule is CC(C)(C[Si](C)(C)C)O[Si](C)(C)C.I[I-]I. The monoisotopic (exact) mass is 599 g/mol. The Morgan fingerprint density at radius 2 is 1.31 bits per heavy atom. The van der Waals surface area contributed by atoms with Gasteiger partial charge in [-0.3, -0.25) is 0 Å². The van der Waals surface area contributed by atoms with Crippen molar-refractivity contribution in [1.29, 1.82) is 0 Å². The van der Waals surface area contributed by atoms with Gasteiger partial charge in [-0.25, -0.2) is 0 Å². The van der Waals surface area contributed by atoms with Crippen LogP contribution in [0.15, 0.2) is 0 Å². The molecule has 0 unspecified atom stereocenters. The molecule has 0 aliphatic carbocycles. The predicted octanol–water partition coefficient (Wildman–Crippen LogP) is 2.73. The molecule has 0 radical (unpaired) electrons. The molecule has 0 bridgehead atoms. The van der Waals surface area contributed by atoms with Gasteiger partial charge in [-0.2, -0.15) is 0 Å². The van der Waals surface area contributed by atoms with Gasteiger partial charge in [0.1, 0.15) is 0 Å². The summed E-state index contributed by atoms with van der Waals surface area (Å²) in [6.45, 7) is 18.5. The van der Waals surface area contributed by atoms with Crippen LogP contribution in [0.4, 0.5) is 0 Å². The normalized spacial score (nSPS) is 13.4. The Morgan fingerprint density at radius 3 is 1.50 bits per heavy atom. The van der Waals surface area contributed by atoms with Crippen molar-refractivity contribution in [3.8, 4) is 0 Å². The van der Waals surface area contributed by atoms with Crippen molar-refractivity contribution in [2.24, 2.45) is 0 Å². The molecule has 0 aromatic heterocycles. The van der Waals surface area contributed by atoms with Crippen LogP contribution in [0.3, 0.4) is 0 Å². The molecule has 6 heteroatoms. The molecule has 0 aromatic rings. The summed E-state index contributed by atoms with van der Waals surface area (Å²) in [5.41, 5.74) is 0.0922. The van der Waals surface area contributed by atoms with Crippen LogP contribution >= 0.6 is 37.2 Å². The summed E-state index contributed by atoms with van der Waals surface area (Å²) in [7, 11) is -2.37. The Morgan fingerprint density at radius 1 is 1.00 bits per heavy atom. The molecule has 0 saturated carbocycles. The van der Waals surface area contributed by atoms with E-state index in [4.69, 9.17) is 4.43 Å². The maximum atomic E-state index is 6.17. The first kappa shape index (κ1) is 20.9. The number of hydrogen-bond donors (Lipinski definition) is 0. The minimum atomic E-state index is -1.37. The van der Waals surface area contributed by atoms with Crippen molar-refractivity contribution in [2.75, 3.05) is 0 Å². The van der Waals surface area contributed by atoms with E-state index in [0.29, 0.717) is 13.3 Å². The van der Waals surface area contributed by atoms with Crippen LogP contribution in [-0.4, -0.2) is 22.0 Å². The average molecular weight is 599 g/mol. The van der Waals surface area contributed by atoms with E-state index in [2.05, 4.69) is 90.4 Å². The average Bonchev–Trinajstić information content (AvgIpc) is 1.73. The quantitative estimate of drug-likeness (QED) is 0.357. The fraction of sp³-hybridized carbons (Fsp3) is 1.00. The maximum absolute atomic E-state index is 6.17. The Kier molecular flexibility index (Phi) is 11.4. The van der Waals surface area contributed by atoms with E-state index in [-0.39, 0.29) is 5.60 Å². The van der Waals surface area contributed by atoms with Crippen LogP contribution in [0.2, 0.25) is 45.3 Å². The Labute approximate surface area is 134 Å². The summed E-state index contributed by atoms with van der Waals surface area (Å²) in [4.78, 5) is 0. The van der Waals surface area contributed by atoms with E-state index in [0.717, 1.165) is 0 Å². The van der Waals surface area contributed by atoms with Crippen molar-refractivity contribution in [1.82, 2.24) is 0 Å². The molecule has 0 heterocycles. The molecule has 0 saturated heterocycles. The first-order valence-electron chi connectivity index (χ1n) is 5.40. The summed E-state index contributed by atoms with van der Waals surface area (Å²) in [6, 6.07) is 1.25. The molecule has 0 aliphatic rings. The summed E-state index contributed by atoms with van der Waals surface area (Å²) in [6.07, 6.45) is 0. The Bertz CT molecular complexity index is 167. The standard InChI is InChI=1S/C10H26OSi2.I3/c1-10(2,9-12(3,4)5)11-13(6,7)8;1-3-2/h9H2,1-8H3;/q;-1. The van der Waals surface area contributed by atoms with Gasteiger partial charge in [0.2, 0.25) is 0 Å². The minimum absolute atomic E-state index is 0.0922. The zero-order valence-electron chi connectivity index (χ0n) is 11.7. The van der Waals surface area contributed by atoms with Gasteiger partial charge in [0.25, 0.3) is 0 Å². The molecule has 0 rings (SSSR count). The molecule has 102 valence electrons. The molecule has 0 amide bonds. The van der Waals surface area contributed by atoms with Gasteiger partial charge in [-0.15, -0.1) is 0 Å². The third kappa shape index (κ3) is 18.9. The van der Waals surface area contributed by atoms with Crippen LogP contribution in [-0.2, 0) is 4.43 Å². The summed E-state index contributed by atoms with van der Waals surface area (Å²) in [5.74, 6) is 0. The van der Waals surface area contributed by atoms with Crippen LogP contribution in [0.1, 0.15) is 13.8 Å². The van der Waals surface area contributed by atoms with E-state index in [1.807, 2.05) is 0 Å². The van der Waals surface area contributed by atoms with Gasteiger partial charge in [0, 0.05) is 13.7 Å². The topological polar surface area (TPSA) is 9.23 Å². The molecular formula is C10H26I3OSi2-. The molecule has 0 spiro atoms. The number of halogens is 3.